The molecule has 0 saturated heterocycles. The molecule has 0 N–H and O–H groups in total. The fraction of sp³-hybridized carbons (Fsp3) is 0.438. The number of halogens is 3. The molecule has 1 aliphatic heterocycles. The van der Waals surface area contributed by atoms with E-state index < -0.39 is 11.3 Å². The van der Waals surface area contributed by atoms with Crippen molar-refractivity contribution in [2.45, 2.75) is 38.5 Å². The Morgan fingerprint density at radius 1 is 1.33 bits per heavy atom. The molecule has 146 valence electrons. The average Bonchev–Trinajstić information content (AvgIpc) is 3.02. The summed E-state index contributed by atoms with van der Waals surface area (Å²) in [6.45, 7) is 1.18. The second kappa shape index (κ2) is 7.82. The summed E-state index contributed by atoms with van der Waals surface area (Å²) in [4.78, 5) is 14.0. The van der Waals surface area contributed by atoms with Crippen molar-refractivity contribution in [3.8, 4) is 11.8 Å². The van der Waals surface area contributed by atoms with Gasteiger partial charge in [-0.15, -0.1) is 13.2 Å². The fourth-order valence-corrected chi connectivity index (χ4v) is 2.61. The molecular weight excluding hydrogens is 371 g/mol. The number of aromatic nitrogens is 2. The first-order valence-electron chi connectivity index (χ1n) is 8.11. The predicted molar refractivity (Wildman–Crippen MR) is 85.3 cm³/mol. The van der Waals surface area contributed by atoms with Crippen LogP contribution in [0, 0.1) is 10.1 Å². The maximum Gasteiger partial charge on any atom is 0.573 e. The van der Waals surface area contributed by atoms with Crippen molar-refractivity contribution in [1.29, 1.82) is 0 Å². The van der Waals surface area contributed by atoms with E-state index >= 15 is 0 Å². The van der Waals surface area contributed by atoms with Crippen LogP contribution in [0.3, 0.4) is 0 Å². The first-order valence-corrected chi connectivity index (χ1v) is 8.11. The Bertz CT molecular complexity index is 792. The molecule has 0 unspecified atom stereocenters. The predicted octanol–water partition coefficient (Wildman–Crippen LogP) is 3.45. The van der Waals surface area contributed by atoms with Crippen molar-refractivity contribution in [2.75, 3.05) is 6.61 Å². The third kappa shape index (κ3) is 5.33. The molecule has 0 fully saturated rings. The highest BCUT2D eigenvalue weighted by Crippen LogP contribution is 2.25. The van der Waals surface area contributed by atoms with Gasteiger partial charge in [-0.05, 0) is 22.6 Å². The summed E-state index contributed by atoms with van der Waals surface area (Å²) in [7, 11) is 0. The normalized spacial score (nSPS) is 16.5. The molecule has 0 saturated carbocycles. The molecule has 0 bridgehead atoms. The number of fused-ring (bicyclic) bond motifs is 1. The molecule has 2 aromatic rings. The van der Waals surface area contributed by atoms with Gasteiger partial charge in [0.2, 0.25) is 0 Å². The lowest BCUT2D eigenvalue weighted by molar-refractivity contribution is -0.389. The molecule has 1 atom stereocenters. The van der Waals surface area contributed by atoms with E-state index in [2.05, 4.69) is 9.72 Å². The summed E-state index contributed by atoms with van der Waals surface area (Å²) < 4.78 is 52.8. The van der Waals surface area contributed by atoms with E-state index in [0.717, 1.165) is 0 Å². The summed E-state index contributed by atoms with van der Waals surface area (Å²) in [5.74, 6) is -0.536. The van der Waals surface area contributed by atoms with Gasteiger partial charge in [-0.1, -0.05) is 12.1 Å². The second-order valence-electron chi connectivity index (χ2n) is 5.89. The molecule has 0 aliphatic carbocycles. The number of nitro groups is 1. The van der Waals surface area contributed by atoms with Gasteiger partial charge < -0.3 is 24.3 Å². The van der Waals surface area contributed by atoms with Crippen LogP contribution in [0.15, 0.2) is 30.5 Å². The van der Waals surface area contributed by atoms with Crippen molar-refractivity contribution in [3.63, 3.8) is 0 Å². The Morgan fingerprint density at radius 2 is 2.07 bits per heavy atom. The summed E-state index contributed by atoms with van der Waals surface area (Å²) in [6.07, 6.45) is -2.30. The fourth-order valence-electron chi connectivity index (χ4n) is 2.61. The first kappa shape index (κ1) is 19.0. The van der Waals surface area contributed by atoms with Crippen LogP contribution < -0.4 is 9.47 Å². The zero-order valence-corrected chi connectivity index (χ0v) is 14.0. The minimum absolute atomic E-state index is 0.165. The van der Waals surface area contributed by atoms with Crippen LogP contribution in [0.1, 0.15) is 18.4 Å². The van der Waals surface area contributed by atoms with Gasteiger partial charge in [0.25, 0.3) is 0 Å². The van der Waals surface area contributed by atoms with E-state index in [0.29, 0.717) is 31.6 Å². The molecule has 0 amide bonds. The molecule has 8 nitrogen and oxygen atoms in total. The lowest BCUT2D eigenvalue weighted by Crippen LogP contribution is -2.27. The lowest BCUT2D eigenvalue weighted by Gasteiger charge is -2.21. The number of alkyl halides is 3. The Hall–Kier alpha value is -2.82. The number of ether oxygens (including phenoxy) is 3. The van der Waals surface area contributed by atoms with Gasteiger partial charge >= 0.3 is 18.2 Å². The smallest absolute Gasteiger partial charge is 0.442 e. The zero-order valence-electron chi connectivity index (χ0n) is 14.0. The van der Waals surface area contributed by atoms with E-state index in [1.807, 2.05) is 0 Å². The number of rotatable bonds is 7. The lowest BCUT2D eigenvalue weighted by atomic mass is 10.2. The van der Waals surface area contributed by atoms with E-state index in [9.17, 15) is 23.3 Å². The van der Waals surface area contributed by atoms with Crippen molar-refractivity contribution in [1.82, 2.24) is 9.55 Å². The van der Waals surface area contributed by atoms with E-state index in [4.69, 9.17) is 9.47 Å². The number of hydrogen-bond acceptors (Lipinski definition) is 6. The molecule has 1 aromatic heterocycles. The molecule has 11 heteroatoms. The highest BCUT2D eigenvalue weighted by atomic mass is 19.4. The zero-order chi connectivity index (χ0) is 19.4. The molecule has 1 aliphatic rings. The first-order chi connectivity index (χ1) is 12.8. The van der Waals surface area contributed by atoms with Gasteiger partial charge in [-0.2, -0.15) is 0 Å². The van der Waals surface area contributed by atoms with E-state index in [-0.39, 0.29) is 30.3 Å². The maximum absolute atomic E-state index is 12.1. The van der Waals surface area contributed by atoms with Gasteiger partial charge in [0.05, 0.1) is 13.2 Å². The molecule has 1 aromatic carbocycles. The number of nitrogens with zero attached hydrogens (tertiary/aromatic N) is 3. The summed E-state index contributed by atoms with van der Waals surface area (Å²) >= 11 is 0. The molecule has 2 heterocycles. The molecule has 0 spiro atoms. The Labute approximate surface area is 151 Å². The van der Waals surface area contributed by atoms with Crippen molar-refractivity contribution >= 4 is 5.82 Å². The van der Waals surface area contributed by atoms with Crippen molar-refractivity contribution in [3.05, 3.63) is 46.1 Å². The third-order valence-corrected chi connectivity index (χ3v) is 3.89. The highest BCUT2D eigenvalue weighted by molar-refractivity contribution is 5.27. The second-order valence-corrected chi connectivity index (χ2v) is 5.89. The Balaban J connectivity index is 1.41. The number of benzene rings is 1. The van der Waals surface area contributed by atoms with Crippen molar-refractivity contribution in [2.24, 2.45) is 0 Å². The molecule has 27 heavy (non-hydrogen) atoms. The molecular formula is C16H16F3N3O5. The van der Waals surface area contributed by atoms with Gasteiger partial charge in [-0.25, -0.2) is 0 Å². The Morgan fingerprint density at radius 3 is 2.74 bits per heavy atom. The van der Waals surface area contributed by atoms with E-state index in [1.165, 1.54) is 30.5 Å². The van der Waals surface area contributed by atoms with Crippen LogP contribution in [0.4, 0.5) is 19.0 Å². The minimum atomic E-state index is -4.72. The SMILES string of the molecule is O=[N+]([O-])c1cn2c(n1)O[C@H](CCOCc1ccc(OC(F)(F)F)cc1)CC2. The van der Waals surface area contributed by atoms with Gasteiger partial charge in [-0.3, -0.25) is 4.57 Å². The Kier molecular flexibility index (Phi) is 5.49. The molecule has 3 rings (SSSR count). The third-order valence-electron chi connectivity index (χ3n) is 3.89. The average molecular weight is 387 g/mol. The van der Waals surface area contributed by atoms with Crippen LogP contribution in [0.5, 0.6) is 11.8 Å². The highest BCUT2D eigenvalue weighted by Gasteiger charge is 2.31. The van der Waals surface area contributed by atoms with Gasteiger partial charge in [0.1, 0.15) is 18.1 Å². The summed E-state index contributed by atoms with van der Waals surface area (Å²) in [6, 6.07) is 5.66. The number of aryl methyl sites for hydroxylation is 1. The van der Waals surface area contributed by atoms with Crippen LogP contribution in [-0.2, 0) is 17.9 Å². The number of imidazole rings is 1. The van der Waals surface area contributed by atoms with Crippen LogP contribution in [-0.4, -0.2) is 33.5 Å². The van der Waals surface area contributed by atoms with Crippen LogP contribution in [0.25, 0.3) is 0 Å². The largest absolute Gasteiger partial charge is 0.573 e. The minimum Gasteiger partial charge on any atom is -0.442 e. The standard InChI is InChI=1S/C16H16F3N3O5/c17-16(18,19)27-13-3-1-11(2-4-13)10-25-8-6-12-5-7-21-9-14(22(23)24)20-15(21)26-12/h1-4,9,12H,5-8,10H2/t12-/m0/s1. The monoisotopic (exact) mass is 387 g/mol. The van der Waals surface area contributed by atoms with Crippen LogP contribution in [0.2, 0.25) is 0 Å². The van der Waals surface area contributed by atoms with Crippen LogP contribution >= 0.6 is 0 Å². The topological polar surface area (TPSA) is 88.7 Å². The summed E-state index contributed by atoms with van der Waals surface area (Å²) in [5, 5.41) is 10.7. The van der Waals surface area contributed by atoms with E-state index in [1.54, 1.807) is 4.57 Å². The quantitative estimate of drug-likeness (QED) is 0.411. The van der Waals surface area contributed by atoms with Crippen molar-refractivity contribution < 1.29 is 32.3 Å². The van der Waals surface area contributed by atoms with Gasteiger partial charge in [0, 0.05) is 24.4 Å². The van der Waals surface area contributed by atoms with Gasteiger partial charge in [0.15, 0.2) is 0 Å². The molecule has 0 radical (unpaired) electrons. The maximum atomic E-state index is 12.1. The summed E-state index contributed by atoms with van der Waals surface area (Å²) in [5.41, 5.74) is 0.709. The number of hydrogen-bond donors (Lipinski definition) is 0.